The quantitative estimate of drug-likeness (QED) is 0.833. The summed E-state index contributed by atoms with van der Waals surface area (Å²) in [5.74, 6) is 0.219. The zero-order valence-electron chi connectivity index (χ0n) is 9.47. The molecule has 1 aliphatic rings. The molecule has 3 heteroatoms. The van der Waals surface area contributed by atoms with Crippen molar-refractivity contribution in [3.05, 3.63) is 34.6 Å². The molecule has 0 saturated heterocycles. The van der Waals surface area contributed by atoms with Crippen LogP contribution in [0.5, 0.6) is 0 Å². The van der Waals surface area contributed by atoms with Gasteiger partial charge < -0.3 is 5.32 Å². The highest BCUT2D eigenvalue weighted by Crippen LogP contribution is 2.20. The zero-order valence-corrected chi connectivity index (χ0v) is 10.2. The third-order valence-electron chi connectivity index (χ3n) is 2.90. The first-order chi connectivity index (χ1) is 7.65. The third-order valence-corrected chi connectivity index (χ3v) is 3.19. The Labute approximate surface area is 101 Å². The molecule has 0 radical (unpaired) electrons. The molecule has 2 rings (SSSR count). The van der Waals surface area contributed by atoms with Crippen LogP contribution in [0.4, 0.5) is 4.39 Å². The maximum Gasteiger partial charge on any atom is 0.141 e. The summed E-state index contributed by atoms with van der Waals surface area (Å²) >= 11 is 5.74. The van der Waals surface area contributed by atoms with Crippen LogP contribution < -0.4 is 5.32 Å². The number of benzene rings is 1. The van der Waals surface area contributed by atoms with Crippen LogP contribution >= 0.6 is 11.6 Å². The van der Waals surface area contributed by atoms with Gasteiger partial charge >= 0.3 is 0 Å². The van der Waals surface area contributed by atoms with Gasteiger partial charge in [0.05, 0.1) is 5.02 Å². The predicted molar refractivity (Wildman–Crippen MR) is 65.3 cm³/mol. The summed E-state index contributed by atoms with van der Waals surface area (Å²) < 4.78 is 13.0. The Morgan fingerprint density at radius 3 is 2.88 bits per heavy atom. The van der Waals surface area contributed by atoms with Crippen LogP contribution in [0.1, 0.15) is 25.3 Å². The van der Waals surface area contributed by atoms with Gasteiger partial charge in [-0.25, -0.2) is 4.39 Å². The van der Waals surface area contributed by atoms with Crippen LogP contribution in [0, 0.1) is 11.7 Å². The predicted octanol–water partition coefficient (Wildman–Crippen LogP) is 3.41. The highest BCUT2D eigenvalue weighted by atomic mass is 35.5. The lowest BCUT2D eigenvalue weighted by Gasteiger charge is -2.12. The highest BCUT2D eigenvalue weighted by Gasteiger charge is 2.20. The fourth-order valence-corrected chi connectivity index (χ4v) is 2.00. The van der Waals surface area contributed by atoms with E-state index >= 15 is 0 Å². The minimum atomic E-state index is -0.339. The van der Waals surface area contributed by atoms with Crippen LogP contribution in [-0.2, 0) is 6.42 Å². The largest absolute Gasteiger partial charge is 0.314 e. The third kappa shape index (κ3) is 3.46. The van der Waals surface area contributed by atoms with E-state index in [1.165, 1.54) is 18.9 Å². The van der Waals surface area contributed by atoms with Gasteiger partial charge in [0.25, 0.3) is 0 Å². The average Bonchev–Trinajstić information content (AvgIpc) is 3.04. The van der Waals surface area contributed by atoms with Crippen molar-refractivity contribution in [3.8, 4) is 0 Å². The van der Waals surface area contributed by atoms with E-state index < -0.39 is 0 Å². The first-order valence-electron chi connectivity index (χ1n) is 5.82. The van der Waals surface area contributed by atoms with Crippen LogP contribution in [0.25, 0.3) is 0 Å². The van der Waals surface area contributed by atoms with E-state index in [0.717, 1.165) is 24.6 Å². The highest BCUT2D eigenvalue weighted by molar-refractivity contribution is 6.30. The Hall–Kier alpha value is -0.600. The zero-order chi connectivity index (χ0) is 11.5. The van der Waals surface area contributed by atoms with E-state index in [1.807, 2.05) is 6.07 Å². The van der Waals surface area contributed by atoms with Gasteiger partial charge in [0, 0.05) is 6.04 Å². The standard InChI is InChI=1S/C13H17ClFN/c1-9(8-16-11-3-4-11)6-10-2-5-13(15)12(14)7-10/h2,5,7,9,11,16H,3-4,6,8H2,1H3. The van der Waals surface area contributed by atoms with Crippen molar-refractivity contribution in [2.75, 3.05) is 6.54 Å². The molecule has 1 aromatic carbocycles. The van der Waals surface area contributed by atoms with Gasteiger partial charge in [-0.2, -0.15) is 0 Å². The molecule has 1 N–H and O–H groups in total. The lowest BCUT2D eigenvalue weighted by molar-refractivity contribution is 0.508. The van der Waals surface area contributed by atoms with Gasteiger partial charge in [-0.15, -0.1) is 0 Å². The summed E-state index contributed by atoms with van der Waals surface area (Å²) in [4.78, 5) is 0. The van der Waals surface area contributed by atoms with Crippen LogP contribution in [0.15, 0.2) is 18.2 Å². The number of hydrogen-bond acceptors (Lipinski definition) is 1. The van der Waals surface area contributed by atoms with Gasteiger partial charge in [-0.05, 0) is 49.4 Å². The second kappa shape index (κ2) is 5.15. The van der Waals surface area contributed by atoms with E-state index in [0.29, 0.717) is 5.92 Å². The molecular formula is C13H17ClFN. The van der Waals surface area contributed by atoms with Gasteiger partial charge in [-0.1, -0.05) is 24.6 Å². The summed E-state index contributed by atoms with van der Waals surface area (Å²) in [6, 6.07) is 5.73. The molecule has 1 aliphatic carbocycles. The van der Waals surface area contributed by atoms with Crippen LogP contribution in [0.3, 0.4) is 0 Å². The summed E-state index contributed by atoms with van der Waals surface area (Å²) in [6.45, 7) is 3.23. The Bertz CT molecular complexity index is 363. The molecule has 88 valence electrons. The molecule has 1 atom stereocenters. The molecular weight excluding hydrogens is 225 g/mol. The summed E-state index contributed by atoms with van der Waals surface area (Å²) in [7, 11) is 0. The molecule has 1 fully saturated rings. The average molecular weight is 242 g/mol. The molecule has 0 aliphatic heterocycles. The first-order valence-corrected chi connectivity index (χ1v) is 6.20. The van der Waals surface area contributed by atoms with Crippen LogP contribution in [-0.4, -0.2) is 12.6 Å². The second-order valence-corrected chi connectivity index (χ2v) is 5.15. The molecule has 16 heavy (non-hydrogen) atoms. The minimum Gasteiger partial charge on any atom is -0.314 e. The van der Waals surface area contributed by atoms with Gasteiger partial charge in [0.1, 0.15) is 5.82 Å². The van der Waals surface area contributed by atoms with Crippen molar-refractivity contribution in [1.82, 2.24) is 5.32 Å². The minimum absolute atomic E-state index is 0.222. The summed E-state index contributed by atoms with van der Waals surface area (Å²) in [5.41, 5.74) is 1.11. The number of rotatable bonds is 5. The summed E-state index contributed by atoms with van der Waals surface area (Å²) in [5, 5.41) is 3.72. The maximum atomic E-state index is 13.0. The van der Waals surface area contributed by atoms with Gasteiger partial charge in [0.2, 0.25) is 0 Å². The first kappa shape index (κ1) is 11.9. The van der Waals surface area contributed by atoms with Gasteiger partial charge in [-0.3, -0.25) is 0 Å². The SMILES string of the molecule is CC(CNC1CC1)Cc1ccc(F)c(Cl)c1. The normalized spacial score (nSPS) is 17.4. The van der Waals surface area contributed by atoms with E-state index in [4.69, 9.17) is 11.6 Å². The fourth-order valence-electron chi connectivity index (χ4n) is 1.80. The maximum absolute atomic E-state index is 13.0. The van der Waals surface area contributed by atoms with E-state index in [-0.39, 0.29) is 10.8 Å². The van der Waals surface area contributed by atoms with E-state index in [2.05, 4.69) is 12.2 Å². The summed E-state index contributed by atoms with van der Waals surface area (Å²) in [6.07, 6.45) is 3.57. The molecule has 1 unspecified atom stereocenters. The topological polar surface area (TPSA) is 12.0 Å². The molecule has 1 saturated carbocycles. The van der Waals surface area contributed by atoms with Crippen molar-refractivity contribution in [1.29, 1.82) is 0 Å². The van der Waals surface area contributed by atoms with Crippen molar-refractivity contribution in [3.63, 3.8) is 0 Å². The van der Waals surface area contributed by atoms with Crippen molar-refractivity contribution in [2.24, 2.45) is 5.92 Å². The fraction of sp³-hybridized carbons (Fsp3) is 0.538. The van der Waals surface area contributed by atoms with Crippen molar-refractivity contribution in [2.45, 2.75) is 32.2 Å². The Morgan fingerprint density at radius 2 is 2.25 bits per heavy atom. The van der Waals surface area contributed by atoms with Crippen molar-refractivity contribution >= 4 is 11.6 Å². The Balaban J connectivity index is 1.84. The van der Waals surface area contributed by atoms with E-state index in [9.17, 15) is 4.39 Å². The molecule has 1 aromatic rings. The lowest BCUT2D eigenvalue weighted by atomic mass is 10.0. The van der Waals surface area contributed by atoms with E-state index in [1.54, 1.807) is 6.07 Å². The molecule has 0 aromatic heterocycles. The smallest absolute Gasteiger partial charge is 0.141 e. The second-order valence-electron chi connectivity index (χ2n) is 4.74. The Kier molecular flexibility index (Phi) is 3.82. The number of halogens is 2. The van der Waals surface area contributed by atoms with Crippen LogP contribution in [0.2, 0.25) is 5.02 Å². The number of hydrogen-bond donors (Lipinski definition) is 1. The molecule has 0 amide bonds. The molecule has 0 bridgehead atoms. The molecule has 0 spiro atoms. The monoisotopic (exact) mass is 241 g/mol. The molecule has 0 heterocycles. The lowest BCUT2D eigenvalue weighted by Crippen LogP contribution is -2.24. The molecule has 1 nitrogen and oxygen atoms in total. The van der Waals surface area contributed by atoms with Crippen molar-refractivity contribution < 1.29 is 4.39 Å². The number of nitrogens with one attached hydrogen (secondary N) is 1. The van der Waals surface area contributed by atoms with Gasteiger partial charge in [0.15, 0.2) is 0 Å². The Morgan fingerprint density at radius 1 is 1.50 bits per heavy atom.